The van der Waals surface area contributed by atoms with E-state index in [1.54, 1.807) is 0 Å². The Morgan fingerprint density at radius 3 is 2.29 bits per heavy atom. The Morgan fingerprint density at radius 1 is 1.29 bits per heavy atom. The molecule has 0 aromatic heterocycles. The summed E-state index contributed by atoms with van der Waals surface area (Å²) in [7, 11) is 0. The number of hydrogen-bond donors (Lipinski definition) is 3. The molecule has 0 aromatic rings. The molecule has 1 fully saturated rings. The molecule has 0 spiro atoms. The molecule has 0 aromatic carbocycles. The van der Waals surface area contributed by atoms with Gasteiger partial charge in [0.2, 0.25) is 5.91 Å². The first-order valence-electron chi connectivity index (χ1n) is 7.95. The molecular weight excluding hydrogens is 268 g/mol. The number of rotatable bonds is 6. The number of piperidine rings is 1. The third-order valence-electron chi connectivity index (χ3n) is 4.50. The molecule has 0 bridgehead atoms. The highest BCUT2D eigenvalue weighted by molar-refractivity contribution is 5.83. The van der Waals surface area contributed by atoms with Gasteiger partial charge in [-0.25, -0.2) is 0 Å². The zero-order chi connectivity index (χ0) is 16.1. The Hall–Kier alpha value is -1.10. The van der Waals surface area contributed by atoms with Crippen molar-refractivity contribution >= 4 is 11.9 Å². The third kappa shape index (κ3) is 4.99. The van der Waals surface area contributed by atoms with Crippen molar-refractivity contribution in [1.29, 1.82) is 0 Å². The summed E-state index contributed by atoms with van der Waals surface area (Å²) in [6.07, 6.45) is 3.46. The van der Waals surface area contributed by atoms with Crippen molar-refractivity contribution in [2.24, 2.45) is 10.8 Å². The molecule has 0 radical (unpaired) electrons. The number of carbonyl (C=O) groups excluding carboxylic acids is 1. The molecular formula is C16H30N2O3. The highest BCUT2D eigenvalue weighted by Gasteiger charge is 2.41. The van der Waals surface area contributed by atoms with E-state index < -0.39 is 5.97 Å². The summed E-state index contributed by atoms with van der Waals surface area (Å²) in [5.41, 5.74) is -0.601. The van der Waals surface area contributed by atoms with Crippen LogP contribution in [0, 0.1) is 10.8 Å². The van der Waals surface area contributed by atoms with Crippen molar-refractivity contribution in [3.63, 3.8) is 0 Å². The second kappa shape index (κ2) is 7.25. The van der Waals surface area contributed by atoms with Gasteiger partial charge in [-0.15, -0.1) is 0 Å². The molecule has 0 saturated carbocycles. The average Bonchev–Trinajstić information content (AvgIpc) is 2.37. The summed E-state index contributed by atoms with van der Waals surface area (Å²) in [5, 5.41) is 15.4. The summed E-state index contributed by atoms with van der Waals surface area (Å²) in [5.74, 6) is -0.836. The largest absolute Gasteiger partial charge is 0.481 e. The maximum atomic E-state index is 12.8. The van der Waals surface area contributed by atoms with Crippen LogP contribution >= 0.6 is 0 Å². The highest BCUT2D eigenvalue weighted by atomic mass is 16.4. The Labute approximate surface area is 127 Å². The van der Waals surface area contributed by atoms with Gasteiger partial charge < -0.3 is 15.7 Å². The van der Waals surface area contributed by atoms with Gasteiger partial charge in [-0.1, -0.05) is 34.1 Å². The second-order valence-corrected chi connectivity index (χ2v) is 7.27. The molecule has 21 heavy (non-hydrogen) atoms. The van der Waals surface area contributed by atoms with Crippen LogP contribution < -0.4 is 10.6 Å². The first-order valence-corrected chi connectivity index (χ1v) is 7.95. The Morgan fingerprint density at radius 2 is 1.86 bits per heavy atom. The maximum absolute atomic E-state index is 12.8. The minimum absolute atomic E-state index is 0.0320. The van der Waals surface area contributed by atoms with E-state index in [4.69, 9.17) is 5.11 Å². The van der Waals surface area contributed by atoms with Crippen LogP contribution in [-0.4, -0.2) is 36.1 Å². The SMILES string of the molecule is CCCC1(C(=O)NC(CC(=O)O)C(C)(C)C)CCNCC1. The number of amides is 1. The van der Waals surface area contributed by atoms with Gasteiger partial charge in [-0.3, -0.25) is 9.59 Å². The molecule has 1 rings (SSSR count). The van der Waals surface area contributed by atoms with Gasteiger partial charge in [0.15, 0.2) is 0 Å². The van der Waals surface area contributed by atoms with Gasteiger partial charge in [0.05, 0.1) is 11.8 Å². The molecule has 5 nitrogen and oxygen atoms in total. The van der Waals surface area contributed by atoms with Crippen molar-refractivity contribution in [3.8, 4) is 0 Å². The molecule has 1 saturated heterocycles. The van der Waals surface area contributed by atoms with E-state index >= 15 is 0 Å². The zero-order valence-electron chi connectivity index (χ0n) is 13.8. The summed E-state index contributed by atoms with van der Waals surface area (Å²) in [6.45, 7) is 9.70. The van der Waals surface area contributed by atoms with Crippen molar-refractivity contribution in [2.45, 2.75) is 65.8 Å². The zero-order valence-corrected chi connectivity index (χ0v) is 13.8. The fourth-order valence-electron chi connectivity index (χ4n) is 3.03. The molecule has 1 aliphatic heterocycles. The van der Waals surface area contributed by atoms with Crippen LogP contribution in [0.1, 0.15) is 59.8 Å². The van der Waals surface area contributed by atoms with Crippen LogP contribution in [0.4, 0.5) is 0 Å². The fourth-order valence-corrected chi connectivity index (χ4v) is 3.03. The van der Waals surface area contributed by atoms with Gasteiger partial charge in [0.25, 0.3) is 0 Å². The Kier molecular flexibility index (Phi) is 6.20. The molecule has 1 aliphatic rings. The number of carboxylic acid groups (broad SMARTS) is 1. The molecule has 1 atom stereocenters. The number of nitrogens with one attached hydrogen (secondary N) is 2. The van der Waals surface area contributed by atoms with Crippen LogP contribution in [0.15, 0.2) is 0 Å². The summed E-state index contributed by atoms with van der Waals surface area (Å²) < 4.78 is 0. The van der Waals surface area contributed by atoms with Crippen molar-refractivity contribution in [3.05, 3.63) is 0 Å². The number of carboxylic acids is 1. The van der Waals surface area contributed by atoms with Crippen molar-refractivity contribution < 1.29 is 14.7 Å². The van der Waals surface area contributed by atoms with E-state index in [0.29, 0.717) is 0 Å². The second-order valence-electron chi connectivity index (χ2n) is 7.27. The molecule has 1 heterocycles. The quantitative estimate of drug-likeness (QED) is 0.702. The van der Waals surface area contributed by atoms with Crippen LogP contribution in [0.3, 0.4) is 0 Å². The van der Waals surface area contributed by atoms with E-state index in [1.165, 1.54) is 0 Å². The lowest BCUT2D eigenvalue weighted by molar-refractivity contribution is -0.140. The third-order valence-corrected chi connectivity index (χ3v) is 4.50. The van der Waals surface area contributed by atoms with Crippen molar-refractivity contribution in [1.82, 2.24) is 10.6 Å². The van der Waals surface area contributed by atoms with Gasteiger partial charge in [-0.2, -0.15) is 0 Å². The minimum atomic E-state index is -0.870. The number of hydrogen-bond acceptors (Lipinski definition) is 3. The summed E-state index contributed by atoms with van der Waals surface area (Å²) in [4.78, 5) is 23.9. The summed E-state index contributed by atoms with van der Waals surface area (Å²) in [6, 6.07) is -0.342. The Balaban J connectivity index is 2.84. The first-order chi connectivity index (χ1) is 9.71. The Bertz CT molecular complexity index is 363. The normalized spacial score (nSPS) is 19.8. The predicted octanol–water partition coefficient (Wildman–Crippen LogP) is 2.16. The monoisotopic (exact) mass is 298 g/mol. The van der Waals surface area contributed by atoms with E-state index in [2.05, 4.69) is 17.6 Å². The molecule has 122 valence electrons. The standard InChI is InChI=1S/C16H30N2O3/c1-5-6-16(7-9-17-10-8-16)14(21)18-12(11-13(19)20)15(2,3)4/h12,17H,5-11H2,1-4H3,(H,18,21)(H,19,20). The van der Waals surface area contributed by atoms with Crippen molar-refractivity contribution in [2.75, 3.05) is 13.1 Å². The lowest BCUT2D eigenvalue weighted by atomic mass is 9.73. The highest BCUT2D eigenvalue weighted by Crippen LogP contribution is 2.35. The van der Waals surface area contributed by atoms with Gasteiger partial charge in [0, 0.05) is 6.04 Å². The van der Waals surface area contributed by atoms with Crippen LogP contribution in [-0.2, 0) is 9.59 Å². The maximum Gasteiger partial charge on any atom is 0.305 e. The summed E-state index contributed by atoms with van der Waals surface area (Å²) >= 11 is 0. The smallest absolute Gasteiger partial charge is 0.305 e. The number of aliphatic carboxylic acids is 1. The molecule has 1 unspecified atom stereocenters. The molecule has 1 amide bonds. The first kappa shape index (κ1) is 18.0. The van der Waals surface area contributed by atoms with E-state index in [1.807, 2.05) is 20.8 Å². The lowest BCUT2D eigenvalue weighted by Gasteiger charge is -2.39. The lowest BCUT2D eigenvalue weighted by Crippen LogP contribution is -2.53. The van der Waals surface area contributed by atoms with E-state index in [0.717, 1.165) is 38.8 Å². The topological polar surface area (TPSA) is 78.4 Å². The van der Waals surface area contributed by atoms with Crippen LogP contribution in [0.2, 0.25) is 0 Å². The predicted molar refractivity (Wildman–Crippen MR) is 83.1 cm³/mol. The molecule has 3 N–H and O–H groups in total. The van der Waals surface area contributed by atoms with Gasteiger partial charge in [0.1, 0.15) is 0 Å². The van der Waals surface area contributed by atoms with E-state index in [-0.39, 0.29) is 29.2 Å². The van der Waals surface area contributed by atoms with E-state index in [9.17, 15) is 9.59 Å². The molecule has 5 heteroatoms. The number of carbonyl (C=O) groups is 2. The van der Waals surface area contributed by atoms with Gasteiger partial charge >= 0.3 is 5.97 Å². The molecule has 0 aliphatic carbocycles. The fraction of sp³-hybridized carbons (Fsp3) is 0.875. The average molecular weight is 298 g/mol. The van der Waals surface area contributed by atoms with Crippen LogP contribution in [0.25, 0.3) is 0 Å². The minimum Gasteiger partial charge on any atom is -0.481 e. The van der Waals surface area contributed by atoms with Crippen LogP contribution in [0.5, 0.6) is 0 Å². The van der Waals surface area contributed by atoms with Gasteiger partial charge in [-0.05, 0) is 37.8 Å².